The second-order valence-corrected chi connectivity index (χ2v) is 9.15. The maximum absolute atomic E-state index is 9.19. The number of aryl methyl sites for hydroxylation is 2. The van der Waals surface area contributed by atoms with Gasteiger partial charge in [0.05, 0.1) is 0 Å². The predicted molar refractivity (Wildman–Crippen MR) is 113 cm³/mol. The van der Waals surface area contributed by atoms with Crippen molar-refractivity contribution in [1.29, 1.82) is 5.26 Å². The third kappa shape index (κ3) is 2.58. The monoisotopic (exact) mass is 412 g/mol. The van der Waals surface area contributed by atoms with E-state index in [-0.39, 0.29) is 14.5 Å². The molecule has 2 aromatic heterocycles. The van der Waals surface area contributed by atoms with Gasteiger partial charge < -0.3 is 0 Å². The molecule has 128 valence electrons. The summed E-state index contributed by atoms with van der Waals surface area (Å²) >= 11 is 0.194. The topological polar surface area (TPSA) is 36.7 Å². The van der Waals surface area contributed by atoms with E-state index in [0.717, 1.165) is 11.1 Å². The summed E-state index contributed by atoms with van der Waals surface area (Å²) in [7, 11) is 0. The molecule has 0 atom stereocenters. The summed E-state index contributed by atoms with van der Waals surface area (Å²) < 4.78 is 2.76. The van der Waals surface area contributed by atoms with Gasteiger partial charge in [-0.05, 0) is 0 Å². The van der Waals surface area contributed by atoms with E-state index < -0.39 is 0 Å². The molecule has 3 heteroatoms. The fourth-order valence-electron chi connectivity index (χ4n) is 3.88. The average Bonchev–Trinajstić information content (AvgIpc) is 3.05. The Kier molecular flexibility index (Phi) is 3.65. The fraction of sp³-hybridized carbons (Fsp3) is 0.0833. The molecule has 0 aliphatic heterocycles. The zero-order valence-electron chi connectivity index (χ0n) is 15.1. The van der Waals surface area contributed by atoms with E-state index in [2.05, 4.69) is 62.4 Å². The van der Waals surface area contributed by atoms with E-state index in [4.69, 9.17) is 4.98 Å². The molecule has 5 aromatic rings. The van der Waals surface area contributed by atoms with Crippen LogP contribution in [0.1, 0.15) is 16.7 Å². The van der Waals surface area contributed by atoms with Crippen molar-refractivity contribution in [2.24, 2.45) is 0 Å². The van der Waals surface area contributed by atoms with Gasteiger partial charge in [-0.15, -0.1) is 0 Å². The Morgan fingerprint density at radius 1 is 0.815 bits per heavy atom. The molecule has 0 spiro atoms. The molecule has 3 aromatic carbocycles. The predicted octanol–water partition coefficient (Wildman–Crippen LogP) is 5.75. The molecule has 5 rings (SSSR count). The third-order valence-electron chi connectivity index (χ3n) is 4.99. The van der Waals surface area contributed by atoms with Crippen LogP contribution in [0.3, 0.4) is 0 Å². The second-order valence-electron chi connectivity index (χ2n) is 7.00. The number of hydrogen-bond acceptors (Lipinski definition) is 2. The number of aromatic nitrogens is 1. The summed E-state index contributed by atoms with van der Waals surface area (Å²) in [5.74, 6) is 0. The molecule has 0 saturated carbocycles. The zero-order chi connectivity index (χ0) is 18.5. The summed E-state index contributed by atoms with van der Waals surface area (Å²) in [6.45, 7) is 4.28. The average molecular weight is 411 g/mol. The molecule has 0 radical (unpaired) electrons. The molecule has 2 heterocycles. The Bertz CT molecular complexity index is 1380. The van der Waals surface area contributed by atoms with Gasteiger partial charge in [0.25, 0.3) is 0 Å². The van der Waals surface area contributed by atoms with Gasteiger partial charge in [0.15, 0.2) is 0 Å². The van der Waals surface area contributed by atoms with Crippen LogP contribution in [0.4, 0.5) is 0 Å². The van der Waals surface area contributed by atoms with Crippen molar-refractivity contribution in [3.8, 4) is 17.3 Å². The quantitative estimate of drug-likeness (QED) is 0.329. The van der Waals surface area contributed by atoms with E-state index in [1.54, 1.807) is 0 Å². The van der Waals surface area contributed by atoms with Gasteiger partial charge in [-0.25, -0.2) is 0 Å². The first-order valence-electron chi connectivity index (χ1n) is 8.87. The third-order valence-corrected chi connectivity index (χ3v) is 7.64. The van der Waals surface area contributed by atoms with Gasteiger partial charge in [-0.2, -0.15) is 0 Å². The van der Waals surface area contributed by atoms with Gasteiger partial charge in [0.1, 0.15) is 0 Å². The number of nitrogens with zero attached hydrogens (tertiary/aromatic N) is 2. The van der Waals surface area contributed by atoms with Gasteiger partial charge >= 0.3 is 163 Å². The van der Waals surface area contributed by atoms with Crippen LogP contribution >= 0.6 is 0 Å². The van der Waals surface area contributed by atoms with Crippen LogP contribution in [0.2, 0.25) is 0 Å². The zero-order valence-corrected chi connectivity index (χ0v) is 16.8. The van der Waals surface area contributed by atoms with Gasteiger partial charge in [0, 0.05) is 0 Å². The van der Waals surface area contributed by atoms with Crippen molar-refractivity contribution < 1.29 is 0 Å². The normalized spacial score (nSPS) is 11.3. The Morgan fingerprint density at radius 2 is 1.56 bits per heavy atom. The molecule has 0 aliphatic carbocycles. The van der Waals surface area contributed by atoms with Gasteiger partial charge in [-0.1, -0.05) is 0 Å². The number of nitriles is 1. The minimum atomic E-state index is 0.194. The maximum atomic E-state index is 9.19. The summed E-state index contributed by atoms with van der Waals surface area (Å²) in [5, 5.41) is 14.2. The van der Waals surface area contributed by atoms with Crippen molar-refractivity contribution in [3.05, 3.63) is 77.5 Å². The van der Waals surface area contributed by atoms with Crippen molar-refractivity contribution in [1.82, 2.24) is 4.98 Å². The standard InChI is InChI=1S/C24H16N2Se/c1-14-9-15(2)11-18(10-14)22-24-21(7-8-26-22)20-6-4-17-12-16(13-25)3-5-19(17)23(20)27-24/h3-12H,1-2H3. The first kappa shape index (κ1) is 16.3. The first-order chi connectivity index (χ1) is 13.1. The van der Waals surface area contributed by atoms with E-state index in [9.17, 15) is 5.26 Å². The minimum absolute atomic E-state index is 0.194. The molecule has 27 heavy (non-hydrogen) atoms. The molecular formula is C24H16N2Se. The molecule has 0 unspecified atom stereocenters. The van der Waals surface area contributed by atoms with Gasteiger partial charge in [0.2, 0.25) is 0 Å². The van der Waals surface area contributed by atoms with Crippen molar-refractivity contribution >= 4 is 44.6 Å². The summed E-state index contributed by atoms with van der Waals surface area (Å²) in [6.07, 6.45) is 1.93. The molecule has 0 bridgehead atoms. The number of fused-ring (bicyclic) bond motifs is 5. The van der Waals surface area contributed by atoms with Crippen molar-refractivity contribution in [3.63, 3.8) is 0 Å². The number of benzene rings is 3. The summed E-state index contributed by atoms with van der Waals surface area (Å²) in [6, 6.07) is 21.4. The summed E-state index contributed by atoms with van der Waals surface area (Å²) in [4.78, 5) is 4.77. The number of hydrogen-bond donors (Lipinski definition) is 0. The van der Waals surface area contributed by atoms with Crippen LogP contribution < -0.4 is 0 Å². The van der Waals surface area contributed by atoms with E-state index in [0.29, 0.717) is 5.56 Å². The molecule has 0 N–H and O–H groups in total. The van der Waals surface area contributed by atoms with E-state index >= 15 is 0 Å². The molecule has 0 fully saturated rings. The van der Waals surface area contributed by atoms with E-state index in [1.807, 2.05) is 18.3 Å². The molecule has 2 nitrogen and oxygen atoms in total. The first-order valence-corrected chi connectivity index (χ1v) is 10.6. The molecule has 0 saturated heterocycles. The number of pyridine rings is 1. The number of rotatable bonds is 1. The van der Waals surface area contributed by atoms with Crippen molar-refractivity contribution in [2.45, 2.75) is 13.8 Å². The van der Waals surface area contributed by atoms with Gasteiger partial charge in [-0.3, -0.25) is 0 Å². The Morgan fingerprint density at radius 3 is 2.33 bits per heavy atom. The Balaban J connectivity index is 1.87. The van der Waals surface area contributed by atoms with Crippen LogP contribution in [-0.2, 0) is 0 Å². The Labute approximate surface area is 163 Å². The Hall–Kier alpha value is -2.92. The fourth-order valence-corrected chi connectivity index (χ4v) is 6.69. The SMILES string of the molecule is Cc1cc(C)cc(-c2nccc3c2[se]c2c4ccc(C#N)cc4ccc32)c1. The molecule has 0 amide bonds. The van der Waals surface area contributed by atoms with Crippen LogP contribution in [0.5, 0.6) is 0 Å². The van der Waals surface area contributed by atoms with Crippen molar-refractivity contribution in [2.75, 3.05) is 0 Å². The molecular weight excluding hydrogens is 395 g/mol. The summed E-state index contributed by atoms with van der Waals surface area (Å²) in [5.41, 5.74) is 5.55. The van der Waals surface area contributed by atoms with Crippen LogP contribution in [0, 0.1) is 25.2 Å². The van der Waals surface area contributed by atoms with E-state index in [1.165, 1.54) is 41.4 Å². The van der Waals surface area contributed by atoms with Crippen LogP contribution in [0.15, 0.2) is 60.8 Å². The second kappa shape index (κ2) is 6.06. The van der Waals surface area contributed by atoms with Crippen LogP contribution in [-0.4, -0.2) is 19.5 Å². The van der Waals surface area contributed by atoms with Crippen LogP contribution in [0.25, 0.3) is 41.3 Å². The molecule has 0 aliphatic rings.